The number of nitrogens with zero attached hydrogens (tertiary/aromatic N) is 21. The van der Waals surface area contributed by atoms with Gasteiger partial charge in [-0.05, 0) is 232 Å². The number of thiazole rings is 2. The van der Waals surface area contributed by atoms with Crippen LogP contribution in [0.5, 0.6) is 0 Å². The molecule has 9 fully saturated rings. The maximum atomic E-state index is 6.18. The number of benzene rings is 3. The van der Waals surface area contributed by atoms with Crippen LogP contribution >= 0.6 is 22.7 Å². The van der Waals surface area contributed by atoms with Gasteiger partial charge in [0.15, 0.2) is 32.7 Å². The summed E-state index contributed by atoms with van der Waals surface area (Å²) >= 11 is 3.52. The highest BCUT2D eigenvalue weighted by atomic mass is 32.1. The van der Waals surface area contributed by atoms with Crippen LogP contribution < -0.4 is 29.4 Å². The fraction of sp³-hybridized carbons (Fsp3) is 0.511. The lowest BCUT2D eigenvalue weighted by Gasteiger charge is -2.40. The first kappa shape index (κ1) is 77.1. The summed E-state index contributed by atoms with van der Waals surface area (Å²) in [5.41, 5.74) is 16.7. The van der Waals surface area contributed by atoms with Crippen LogP contribution in [0.2, 0.25) is 0 Å². The Bertz CT molecular complexity index is 5500. The number of pyridine rings is 5. The van der Waals surface area contributed by atoms with Gasteiger partial charge in [0.2, 0.25) is 11.3 Å². The molecule has 3 aromatic carbocycles. The summed E-state index contributed by atoms with van der Waals surface area (Å²) in [6, 6.07) is 38.7. The molecule has 9 saturated heterocycles. The van der Waals surface area contributed by atoms with E-state index in [9.17, 15) is 0 Å². The van der Waals surface area contributed by atoms with Gasteiger partial charge < -0.3 is 57.8 Å². The van der Waals surface area contributed by atoms with Crippen LogP contribution in [0.1, 0.15) is 159 Å². The van der Waals surface area contributed by atoms with Crippen LogP contribution in [0.25, 0.3) is 87.3 Å². The third-order valence-electron chi connectivity index (χ3n) is 27.1. The van der Waals surface area contributed by atoms with Crippen molar-refractivity contribution in [2.45, 2.75) is 191 Å². The van der Waals surface area contributed by atoms with Gasteiger partial charge in [-0.3, -0.25) is 4.98 Å². The van der Waals surface area contributed by atoms with Crippen molar-refractivity contribution >= 4 is 121 Å². The van der Waals surface area contributed by atoms with E-state index in [1.165, 1.54) is 210 Å². The number of likely N-dealkylation sites (tertiary alicyclic amines) is 4. The lowest BCUT2D eigenvalue weighted by atomic mass is 10.0. The normalized spacial score (nSPS) is 20.9. The molecular weight excluding hydrogens is 1510 g/mol. The van der Waals surface area contributed by atoms with Gasteiger partial charge in [0.1, 0.15) is 11.0 Å². The smallest absolute Gasteiger partial charge is 0.299 e. The molecule has 20 heterocycles. The van der Waals surface area contributed by atoms with Gasteiger partial charge in [-0.1, -0.05) is 103 Å². The van der Waals surface area contributed by atoms with Crippen LogP contribution in [0.15, 0.2) is 142 Å². The second kappa shape index (κ2) is 35.4. The summed E-state index contributed by atoms with van der Waals surface area (Å²) in [6.07, 6.45) is 38.4. The number of aromatic nitrogens is 11. The van der Waals surface area contributed by atoms with E-state index >= 15 is 0 Å². The Hall–Kier alpha value is -9.57. The second-order valence-electron chi connectivity index (χ2n) is 34.5. The Morgan fingerprint density at radius 2 is 0.822 bits per heavy atom. The number of anilines is 6. The van der Waals surface area contributed by atoms with Gasteiger partial charge in [0.25, 0.3) is 12.0 Å². The van der Waals surface area contributed by atoms with Crippen LogP contribution in [-0.2, 0) is 13.1 Å². The predicted molar refractivity (Wildman–Crippen MR) is 475 cm³/mol. The van der Waals surface area contributed by atoms with Crippen molar-refractivity contribution in [1.82, 2.24) is 74.8 Å². The molecule has 0 unspecified atom stereocenters. The number of piperidine rings is 8. The Balaban J connectivity index is 0.000000101. The summed E-state index contributed by atoms with van der Waals surface area (Å²) in [5, 5.41) is 11.2. The van der Waals surface area contributed by atoms with E-state index in [-0.39, 0.29) is 0 Å². The molecule has 0 saturated carbocycles. The van der Waals surface area contributed by atoms with Crippen molar-refractivity contribution in [2.75, 3.05) is 141 Å². The van der Waals surface area contributed by atoms with Crippen molar-refractivity contribution in [2.24, 2.45) is 0 Å². The largest absolute Gasteiger partial charge is 0.422 e. The van der Waals surface area contributed by atoms with Crippen molar-refractivity contribution in [1.29, 1.82) is 0 Å². The molecule has 0 radical (unpaired) electrons. The van der Waals surface area contributed by atoms with E-state index < -0.39 is 0 Å². The fourth-order valence-corrected chi connectivity index (χ4v) is 22.4. The monoisotopic (exact) mass is 1620 g/mol. The Kier molecular flexibility index (Phi) is 23.1. The quantitative estimate of drug-likeness (QED) is 0.111. The highest BCUT2D eigenvalue weighted by Gasteiger charge is 2.34. The van der Waals surface area contributed by atoms with Gasteiger partial charge >= 0.3 is 0 Å². The van der Waals surface area contributed by atoms with E-state index in [2.05, 4.69) is 164 Å². The molecule has 10 aromatic heterocycles. The summed E-state index contributed by atoms with van der Waals surface area (Å²) in [6.45, 7) is 24.0. The molecule has 0 spiro atoms. The molecule has 0 bridgehead atoms. The van der Waals surface area contributed by atoms with Gasteiger partial charge in [-0.15, -0.1) is 0 Å². The van der Waals surface area contributed by atoms with E-state index in [1.807, 2.05) is 55.2 Å². The minimum atomic E-state index is 0.584. The number of rotatable bonds is 12. The van der Waals surface area contributed by atoms with Crippen LogP contribution in [0.4, 0.5) is 33.7 Å². The number of hydrogen-bond donors (Lipinski definition) is 0. The Labute approximate surface area is 699 Å². The number of oxazole rings is 2. The summed E-state index contributed by atoms with van der Waals surface area (Å²) in [5.74, 6) is 0. The zero-order chi connectivity index (χ0) is 78.7. The molecule has 614 valence electrons. The molecule has 10 aliphatic heterocycles. The first-order valence-electron chi connectivity index (χ1n) is 44.5. The molecular formula is C92H111N21O3S2. The van der Waals surface area contributed by atoms with Gasteiger partial charge in [0.05, 0.1) is 38.7 Å². The molecule has 0 N–H and O–H groups in total. The van der Waals surface area contributed by atoms with Gasteiger partial charge in [-0.2, -0.15) is 19.9 Å². The van der Waals surface area contributed by atoms with Gasteiger partial charge in [0, 0.05) is 155 Å². The molecule has 0 amide bonds. The van der Waals surface area contributed by atoms with Crippen LogP contribution in [0.3, 0.4) is 0 Å². The highest BCUT2D eigenvalue weighted by molar-refractivity contribution is 7.22. The average Bonchev–Trinajstić information content (AvgIpc) is 1.69. The van der Waals surface area contributed by atoms with Crippen molar-refractivity contribution < 1.29 is 13.5 Å². The van der Waals surface area contributed by atoms with Gasteiger partial charge in [-0.25, -0.2) is 24.6 Å². The first-order chi connectivity index (χ1) is 58.3. The molecule has 1 atom stereocenters. The zero-order valence-corrected chi connectivity index (χ0v) is 70.1. The second-order valence-corrected chi connectivity index (χ2v) is 36.5. The van der Waals surface area contributed by atoms with Crippen LogP contribution in [0, 0.1) is 0 Å². The molecule has 23 rings (SSSR count). The number of hydrogen-bond acceptors (Lipinski definition) is 26. The van der Waals surface area contributed by atoms with E-state index in [1.54, 1.807) is 22.7 Å². The standard InChI is InChI=1S/C25H27N5S.C24H29N5O.C22H24N6OS.C21H31N5O/c1-2-12-29(13-3-1)20-9-14-30(15-10-20)25-28-24-22(31-25)16-19(17-27-24)21-8-4-6-18-7-5-11-26-23(18)21;1-4-10-27(11-5-1)20-8-12-28(13-9-20)24-26-23-22(30-24)14-21(15-25-23)29-16-18-6-2-3-7-19(18)17-29;1-2-8-27(9-3-1)17-6-10-28(11-7-17)22-24-21-20(30-22)13-16(14-23-21)15-4-5-18-19(12-15)26-29-25-18;1-16-6-5-11-26(16)18-14-19-20(22-15-18)23-21(27-19)25-12-7-17(8-13-25)24-9-3-2-4-10-24/h4-8,11,16-17,20H,1-3,9-10,12-15H2;2-3,6-7,14-15,20H,1,4-5,8-13,16-17H2;4-5,12-14,17H,1-3,6-11H2;14-17H,2-13H2,1H3/t;;;16-/m...1/s1. The molecule has 10 aliphatic rings. The number of para-hydroxylation sites is 1. The molecule has 13 aromatic rings. The minimum absolute atomic E-state index is 0.584. The predicted octanol–water partition coefficient (Wildman–Crippen LogP) is 17.6. The third-order valence-corrected chi connectivity index (χ3v) is 29.2. The summed E-state index contributed by atoms with van der Waals surface area (Å²) in [4.78, 5) is 67.4. The van der Waals surface area contributed by atoms with E-state index in [0.29, 0.717) is 11.7 Å². The molecule has 26 heteroatoms. The number of fused-ring (bicyclic) bond motifs is 7. The third kappa shape index (κ3) is 17.0. The average molecular weight is 1620 g/mol. The summed E-state index contributed by atoms with van der Waals surface area (Å²) < 4.78 is 19.4. The Morgan fingerprint density at radius 1 is 0.356 bits per heavy atom. The maximum absolute atomic E-state index is 6.18. The zero-order valence-electron chi connectivity index (χ0n) is 68.4. The topological polar surface area (TPSA) is 214 Å². The van der Waals surface area contributed by atoms with E-state index in [0.717, 1.165) is 206 Å². The van der Waals surface area contributed by atoms with Crippen molar-refractivity contribution in [3.05, 3.63) is 139 Å². The van der Waals surface area contributed by atoms with Crippen molar-refractivity contribution in [3.63, 3.8) is 0 Å². The molecule has 0 aliphatic carbocycles. The summed E-state index contributed by atoms with van der Waals surface area (Å²) in [7, 11) is 0. The maximum Gasteiger partial charge on any atom is 0.299 e. The lowest BCUT2D eigenvalue weighted by Crippen LogP contribution is -2.46. The van der Waals surface area contributed by atoms with Crippen molar-refractivity contribution in [3.8, 4) is 22.3 Å². The minimum Gasteiger partial charge on any atom is -0.422 e. The SMILES string of the molecule is C[C@@H]1CCCN1c1cnc2nc(N3CCC(N4CCCCC4)CC3)oc2c1.c1cc2nonc2cc1-c1cnc2nc(N3CCC(N4CCCCC4)CC3)sc2c1.c1ccc2c(c1)CN(c1cnc3nc(N4CCC(N5CCCCC5)CC4)oc3c1)C2.c1cnc2c(-c3cnc4nc(N5CCC(N6CCCCC6)CC5)sc4c3)cccc2c1. The fourth-order valence-electron chi connectivity index (χ4n) is 20.3. The molecule has 24 nitrogen and oxygen atoms in total. The molecule has 118 heavy (non-hydrogen) atoms. The highest BCUT2D eigenvalue weighted by Crippen LogP contribution is 2.40. The Morgan fingerprint density at radius 3 is 1.34 bits per heavy atom. The van der Waals surface area contributed by atoms with Crippen LogP contribution in [-0.4, -0.2) is 216 Å². The van der Waals surface area contributed by atoms with E-state index in [4.69, 9.17) is 33.4 Å². The lowest BCUT2D eigenvalue weighted by molar-refractivity contribution is 0.140. The first-order valence-corrected chi connectivity index (χ1v) is 46.1.